The van der Waals surface area contributed by atoms with Crippen LogP contribution in [0.4, 0.5) is 0 Å². The zero-order valence-electron chi connectivity index (χ0n) is 9.34. The molecule has 0 aromatic carbocycles. The lowest BCUT2D eigenvalue weighted by molar-refractivity contribution is -0.0639. The summed E-state index contributed by atoms with van der Waals surface area (Å²) in [4.78, 5) is 0. The Morgan fingerprint density at radius 2 is 1.85 bits per heavy atom. The second kappa shape index (κ2) is 10.0. The quantitative estimate of drug-likeness (QED) is 0.408. The average molecular weight is 188 g/mol. The van der Waals surface area contributed by atoms with E-state index < -0.39 is 0 Å². The zero-order chi connectivity index (χ0) is 9.94. The van der Waals surface area contributed by atoms with Gasteiger partial charge in [0.2, 0.25) is 0 Å². The smallest absolute Gasteiger partial charge is 0.146 e. The molecule has 1 atom stereocenters. The summed E-state index contributed by atoms with van der Waals surface area (Å²) < 4.78 is 10.7. The van der Waals surface area contributed by atoms with Gasteiger partial charge in [0.05, 0.1) is 6.61 Å². The summed E-state index contributed by atoms with van der Waals surface area (Å²) in [6.45, 7) is 8.69. The molecule has 0 bridgehead atoms. The van der Waals surface area contributed by atoms with Gasteiger partial charge < -0.3 is 9.47 Å². The summed E-state index contributed by atoms with van der Waals surface area (Å²) in [6, 6.07) is 0. The first kappa shape index (κ1) is 12.9. The van der Waals surface area contributed by atoms with E-state index in [1.807, 2.05) is 0 Å². The van der Waals surface area contributed by atoms with Gasteiger partial charge in [-0.05, 0) is 12.3 Å². The molecule has 0 aliphatic rings. The third kappa shape index (κ3) is 9.84. The Hall–Kier alpha value is -0.0800. The van der Waals surface area contributed by atoms with Crippen LogP contribution in [0.5, 0.6) is 0 Å². The summed E-state index contributed by atoms with van der Waals surface area (Å²) in [5.41, 5.74) is 0. The van der Waals surface area contributed by atoms with Crippen LogP contribution in [0.2, 0.25) is 0 Å². The van der Waals surface area contributed by atoms with Gasteiger partial charge in [-0.1, -0.05) is 40.0 Å². The number of rotatable bonds is 9. The molecule has 2 nitrogen and oxygen atoms in total. The first-order valence-electron chi connectivity index (χ1n) is 5.46. The highest BCUT2D eigenvalue weighted by molar-refractivity contribution is 4.44. The van der Waals surface area contributed by atoms with Crippen LogP contribution in [-0.4, -0.2) is 20.0 Å². The molecular weight excluding hydrogens is 164 g/mol. The van der Waals surface area contributed by atoms with Crippen LogP contribution < -0.4 is 0 Å². The fourth-order valence-electron chi connectivity index (χ4n) is 0.939. The zero-order valence-corrected chi connectivity index (χ0v) is 9.34. The molecule has 80 valence electrons. The molecule has 0 aromatic heterocycles. The Labute approximate surface area is 82.6 Å². The minimum atomic E-state index is 0.466. The molecule has 0 aliphatic heterocycles. The van der Waals surface area contributed by atoms with Crippen molar-refractivity contribution in [2.75, 3.05) is 20.0 Å². The van der Waals surface area contributed by atoms with Crippen molar-refractivity contribution in [3.8, 4) is 0 Å². The number of hydrogen-bond donors (Lipinski definition) is 0. The van der Waals surface area contributed by atoms with Gasteiger partial charge in [0.15, 0.2) is 0 Å². The standard InChI is InChI=1S/C11H24O2/c1-4-6-7-8-12-10-13-9-11(3)5-2/h11H,4-10H2,1-3H3. The van der Waals surface area contributed by atoms with E-state index in [1.165, 1.54) is 19.3 Å². The van der Waals surface area contributed by atoms with Gasteiger partial charge >= 0.3 is 0 Å². The normalized spacial score (nSPS) is 13.2. The fourth-order valence-corrected chi connectivity index (χ4v) is 0.939. The molecule has 0 rings (SSSR count). The summed E-state index contributed by atoms with van der Waals surface area (Å²) in [5.74, 6) is 0.652. The van der Waals surface area contributed by atoms with Crippen LogP contribution in [0.1, 0.15) is 46.5 Å². The highest BCUT2D eigenvalue weighted by Crippen LogP contribution is 2.00. The van der Waals surface area contributed by atoms with Gasteiger partial charge in [0, 0.05) is 6.61 Å². The summed E-state index contributed by atoms with van der Waals surface area (Å²) >= 11 is 0. The van der Waals surface area contributed by atoms with Crippen LogP contribution >= 0.6 is 0 Å². The van der Waals surface area contributed by atoms with E-state index in [2.05, 4.69) is 20.8 Å². The maximum atomic E-state index is 5.34. The van der Waals surface area contributed by atoms with Crippen molar-refractivity contribution >= 4 is 0 Å². The van der Waals surface area contributed by atoms with Crippen molar-refractivity contribution < 1.29 is 9.47 Å². The molecule has 0 aromatic rings. The van der Waals surface area contributed by atoms with Gasteiger partial charge in [-0.25, -0.2) is 0 Å². The van der Waals surface area contributed by atoms with Gasteiger partial charge in [-0.2, -0.15) is 0 Å². The van der Waals surface area contributed by atoms with Gasteiger partial charge in [-0.15, -0.1) is 0 Å². The molecule has 0 saturated carbocycles. The minimum Gasteiger partial charge on any atom is -0.355 e. The molecule has 0 aliphatic carbocycles. The Bertz CT molecular complexity index is 94.1. The van der Waals surface area contributed by atoms with E-state index in [0.717, 1.165) is 19.6 Å². The predicted octanol–water partition coefficient (Wildman–Crippen LogP) is 3.21. The highest BCUT2D eigenvalue weighted by Gasteiger charge is 1.97. The van der Waals surface area contributed by atoms with Crippen molar-refractivity contribution in [2.24, 2.45) is 5.92 Å². The number of unbranched alkanes of at least 4 members (excludes halogenated alkanes) is 2. The molecule has 0 radical (unpaired) electrons. The van der Waals surface area contributed by atoms with Crippen LogP contribution in [-0.2, 0) is 9.47 Å². The largest absolute Gasteiger partial charge is 0.355 e. The molecule has 1 unspecified atom stereocenters. The van der Waals surface area contributed by atoms with Crippen LogP contribution in [0.3, 0.4) is 0 Å². The van der Waals surface area contributed by atoms with Gasteiger partial charge in [0.1, 0.15) is 6.79 Å². The van der Waals surface area contributed by atoms with Gasteiger partial charge in [0.25, 0.3) is 0 Å². The Balaban J connectivity index is 2.91. The van der Waals surface area contributed by atoms with Gasteiger partial charge in [-0.3, -0.25) is 0 Å². The van der Waals surface area contributed by atoms with Crippen molar-refractivity contribution in [1.29, 1.82) is 0 Å². The highest BCUT2D eigenvalue weighted by atomic mass is 16.7. The SMILES string of the molecule is CCCCCOCOCC(C)CC. The van der Waals surface area contributed by atoms with E-state index in [0.29, 0.717) is 12.7 Å². The fraction of sp³-hybridized carbons (Fsp3) is 1.00. The molecule has 0 amide bonds. The first-order valence-corrected chi connectivity index (χ1v) is 5.46. The first-order chi connectivity index (χ1) is 6.31. The second-order valence-electron chi connectivity index (χ2n) is 3.62. The maximum absolute atomic E-state index is 5.34. The molecule has 0 heterocycles. The Kier molecular flexibility index (Phi) is 9.94. The number of ether oxygens (including phenoxy) is 2. The van der Waals surface area contributed by atoms with Crippen LogP contribution in [0.15, 0.2) is 0 Å². The van der Waals surface area contributed by atoms with Crippen molar-refractivity contribution in [3.63, 3.8) is 0 Å². The monoisotopic (exact) mass is 188 g/mol. The molecule has 0 spiro atoms. The lowest BCUT2D eigenvalue weighted by Gasteiger charge is -2.09. The molecule has 13 heavy (non-hydrogen) atoms. The molecule has 2 heteroatoms. The third-order valence-electron chi connectivity index (χ3n) is 2.16. The third-order valence-corrected chi connectivity index (χ3v) is 2.16. The number of hydrogen-bond acceptors (Lipinski definition) is 2. The Morgan fingerprint density at radius 1 is 1.08 bits per heavy atom. The molecule has 0 saturated heterocycles. The maximum Gasteiger partial charge on any atom is 0.146 e. The Morgan fingerprint density at radius 3 is 2.46 bits per heavy atom. The average Bonchev–Trinajstić information content (AvgIpc) is 2.16. The van der Waals surface area contributed by atoms with E-state index in [9.17, 15) is 0 Å². The second-order valence-corrected chi connectivity index (χ2v) is 3.62. The van der Waals surface area contributed by atoms with Crippen molar-refractivity contribution in [2.45, 2.75) is 46.5 Å². The molecule has 0 N–H and O–H groups in total. The van der Waals surface area contributed by atoms with Crippen molar-refractivity contribution in [1.82, 2.24) is 0 Å². The van der Waals surface area contributed by atoms with E-state index in [-0.39, 0.29) is 0 Å². The molecular formula is C11H24O2. The summed E-state index contributed by atoms with van der Waals surface area (Å²) in [5, 5.41) is 0. The minimum absolute atomic E-state index is 0.466. The topological polar surface area (TPSA) is 18.5 Å². The van der Waals surface area contributed by atoms with Crippen molar-refractivity contribution in [3.05, 3.63) is 0 Å². The van der Waals surface area contributed by atoms with Crippen LogP contribution in [0, 0.1) is 5.92 Å². The summed E-state index contributed by atoms with van der Waals surface area (Å²) in [7, 11) is 0. The predicted molar refractivity (Wildman–Crippen MR) is 55.8 cm³/mol. The van der Waals surface area contributed by atoms with E-state index in [1.54, 1.807) is 0 Å². The van der Waals surface area contributed by atoms with Crippen LogP contribution in [0.25, 0.3) is 0 Å². The van der Waals surface area contributed by atoms with E-state index >= 15 is 0 Å². The summed E-state index contributed by atoms with van der Waals surface area (Å²) in [6.07, 6.45) is 4.83. The van der Waals surface area contributed by atoms with E-state index in [4.69, 9.17) is 9.47 Å². The molecule has 0 fully saturated rings. The lowest BCUT2D eigenvalue weighted by atomic mass is 10.1. The lowest BCUT2D eigenvalue weighted by Crippen LogP contribution is -2.08.